The molecule has 0 unspecified atom stereocenters. The predicted octanol–water partition coefficient (Wildman–Crippen LogP) is 2.34. The summed E-state index contributed by atoms with van der Waals surface area (Å²) in [5.74, 6) is 1.28. The van der Waals surface area contributed by atoms with Gasteiger partial charge in [-0.05, 0) is 38.1 Å². The molecule has 1 aromatic heterocycles. The smallest absolute Gasteiger partial charge is 0.131 e. The first-order valence-electron chi connectivity index (χ1n) is 7.27. The zero-order chi connectivity index (χ0) is 14.5. The Kier molecular flexibility index (Phi) is 4.90. The van der Waals surface area contributed by atoms with Gasteiger partial charge < -0.3 is 9.88 Å². The summed E-state index contributed by atoms with van der Waals surface area (Å²) in [6, 6.07) is 6.43. The van der Waals surface area contributed by atoms with E-state index in [1.165, 1.54) is 5.56 Å². The Hall–Kier alpha value is -1.68. The lowest BCUT2D eigenvalue weighted by Crippen LogP contribution is -2.15. The first kappa shape index (κ1) is 14.7. The minimum Gasteiger partial charge on any atom is -0.328 e. The maximum atomic E-state index is 11.3. The molecule has 1 heterocycles. The monoisotopic (exact) mass is 273 g/mol. The summed E-state index contributed by atoms with van der Waals surface area (Å²) in [5, 5.41) is 3.15. The van der Waals surface area contributed by atoms with Crippen molar-refractivity contribution >= 4 is 16.8 Å². The Labute approximate surface area is 120 Å². The molecule has 2 aromatic rings. The lowest BCUT2D eigenvalue weighted by atomic mass is 10.1. The number of Topliss-reactive ketones (excluding diaryl/α,β-unsaturated/α-hetero) is 1. The SMILES string of the molecule is CCc1ccc2c(c1)nc(CCNC)n2CCC(C)=O. The second-order valence-electron chi connectivity index (χ2n) is 5.16. The Morgan fingerprint density at radius 1 is 1.40 bits per heavy atom. The van der Waals surface area contributed by atoms with Crippen molar-refractivity contribution < 1.29 is 4.79 Å². The van der Waals surface area contributed by atoms with Gasteiger partial charge in [0.05, 0.1) is 11.0 Å². The van der Waals surface area contributed by atoms with Gasteiger partial charge in [0.2, 0.25) is 0 Å². The van der Waals surface area contributed by atoms with Crippen LogP contribution in [-0.2, 0) is 24.2 Å². The molecule has 1 aromatic carbocycles. The van der Waals surface area contributed by atoms with E-state index in [2.05, 4.69) is 35.0 Å². The molecule has 0 bridgehead atoms. The van der Waals surface area contributed by atoms with Crippen LogP contribution >= 0.6 is 0 Å². The van der Waals surface area contributed by atoms with E-state index in [0.717, 1.165) is 42.8 Å². The van der Waals surface area contributed by atoms with Crippen molar-refractivity contribution in [3.8, 4) is 0 Å². The molecule has 20 heavy (non-hydrogen) atoms. The third-order valence-electron chi connectivity index (χ3n) is 3.59. The molecule has 0 saturated carbocycles. The second-order valence-corrected chi connectivity index (χ2v) is 5.16. The number of aryl methyl sites for hydroxylation is 2. The summed E-state index contributed by atoms with van der Waals surface area (Å²) in [6.45, 7) is 5.40. The third-order valence-corrected chi connectivity index (χ3v) is 3.59. The highest BCUT2D eigenvalue weighted by Crippen LogP contribution is 2.19. The molecular formula is C16H23N3O. The van der Waals surface area contributed by atoms with Gasteiger partial charge in [0, 0.05) is 25.9 Å². The molecule has 1 N–H and O–H groups in total. The zero-order valence-electron chi connectivity index (χ0n) is 12.6. The quantitative estimate of drug-likeness (QED) is 0.842. The minimum absolute atomic E-state index is 0.219. The number of carbonyl (C=O) groups excluding carboxylic acids is 1. The molecule has 2 rings (SSSR count). The van der Waals surface area contributed by atoms with Crippen LogP contribution in [0.25, 0.3) is 11.0 Å². The van der Waals surface area contributed by atoms with Crippen molar-refractivity contribution in [1.29, 1.82) is 0 Å². The molecule has 0 atom stereocenters. The van der Waals surface area contributed by atoms with E-state index in [0.29, 0.717) is 6.42 Å². The average Bonchev–Trinajstić information content (AvgIpc) is 2.79. The highest BCUT2D eigenvalue weighted by atomic mass is 16.1. The zero-order valence-corrected chi connectivity index (χ0v) is 12.6. The van der Waals surface area contributed by atoms with Crippen LogP contribution in [0.4, 0.5) is 0 Å². The number of likely N-dealkylation sites (N-methyl/N-ethyl adjacent to an activating group) is 1. The number of benzene rings is 1. The van der Waals surface area contributed by atoms with Gasteiger partial charge in [0.15, 0.2) is 0 Å². The van der Waals surface area contributed by atoms with Crippen molar-refractivity contribution in [1.82, 2.24) is 14.9 Å². The number of hydrogen-bond acceptors (Lipinski definition) is 3. The Bertz CT molecular complexity index is 601. The molecule has 0 aliphatic heterocycles. The summed E-state index contributed by atoms with van der Waals surface area (Å²) in [7, 11) is 1.94. The normalized spacial score (nSPS) is 11.2. The minimum atomic E-state index is 0.219. The van der Waals surface area contributed by atoms with Crippen LogP contribution in [0.2, 0.25) is 0 Å². The van der Waals surface area contributed by atoms with Crippen LogP contribution in [0, 0.1) is 0 Å². The summed E-state index contributed by atoms with van der Waals surface area (Å²) < 4.78 is 2.19. The standard InChI is InChI=1S/C16H23N3O/c1-4-13-5-6-15-14(11-13)18-16(7-9-17-3)19(15)10-8-12(2)20/h5-6,11,17H,4,7-10H2,1-3H3. The highest BCUT2D eigenvalue weighted by Gasteiger charge is 2.11. The van der Waals surface area contributed by atoms with E-state index < -0.39 is 0 Å². The molecule has 0 fully saturated rings. The molecular weight excluding hydrogens is 250 g/mol. The molecule has 0 aliphatic carbocycles. The Balaban J connectivity index is 2.39. The number of carbonyl (C=O) groups is 1. The van der Waals surface area contributed by atoms with E-state index in [4.69, 9.17) is 4.98 Å². The summed E-state index contributed by atoms with van der Waals surface area (Å²) in [6.07, 6.45) is 2.46. The van der Waals surface area contributed by atoms with Gasteiger partial charge in [-0.1, -0.05) is 13.0 Å². The topological polar surface area (TPSA) is 46.9 Å². The first-order valence-corrected chi connectivity index (χ1v) is 7.27. The fraction of sp³-hybridized carbons (Fsp3) is 0.500. The lowest BCUT2D eigenvalue weighted by molar-refractivity contribution is -0.117. The molecule has 0 spiro atoms. The number of nitrogens with one attached hydrogen (secondary N) is 1. The van der Waals surface area contributed by atoms with Gasteiger partial charge in [0.25, 0.3) is 0 Å². The first-order chi connectivity index (χ1) is 9.65. The number of rotatable bonds is 7. The Morgan fingerprint density at radius 2 is 2.20 bits per heavy atom. The average molecular weight is 273 g/mol. The maximum Gasteiger partial charge on any atom is 0.131 e. The number of aromatic nitrogens is 2. The molecule has 0 aliphatic rings. The van der Waals surface area contributed by atoms with E-state index >= 15 is 0 Å². The van der Waals surface area contributed by atoms with E-state index in [1.54, 1.807) is 6.92 Å². The highest BCUT2D eigenvalue weighted by molar-refractivity contribution is 5.78. The fourth-order valence-corrected chi connectivity index (χ4v) is 2.39. The number of ketones is 1. The fourth-order valence-electron chi connectivity index (χ4n) is 2.39. The van der Waals surface area contributed by atoms with Gasteiger partial charge in [-0.15, -0.1) is 0 Å². The number of imidazole rings is 1. The largest absolute Gasteiger partial charge is 0.328 e. The molecule has 108 valence electrons. The van der Waals surface area contributed by atoms with Crippen LogP contribution in [0.1, 0.15) is 31.7 Å². The van der Waals surface area contributed by atoms with Crippen LogP contribution in [-0.4, -0.2) is 28.9 Å². The van der Waals surface area contributed by atoms with Gasteiger partial charge in [-0.25, -0.2) is 4.98 Å². The number of fused-ring (bicyclic) bond motifs is 1. The van der Waals surface area contributed by atoms with E-state index in [1.807, 2.05) is 7.05 Å². The molecule has 0 radical (unpaired) electrons. The number of nitrogens with zero attached hydrogens (tertiary/aromatic N) is 2. The molecule has 4 heteroatoms. The van der Waals surface area contributed by atoms with Crippen LogP contribution in [0.5, 0.6) is 0 Å². The molecule has 0 amide bonds. The molecule has 0 saturated heterocycles. The third kappa shape index (κ3) is 3.25. The maximum absolute atomic E-state index is 11.3. The van der Waals surface area contributed by atoms with Crippen LogP contribution in [0.15, 0.2) is 18.2 Å². The van der Waals surface area contributed by atoms with Gasteiger partial charge >= 0.3 is 0 Å². The summed E-state index contributed by atoms with van der Waals surface area (Å²) in [5.41, 5.74) is 3.47. The van der Waals surface area contributed by atoms with Crippen molar-refractivity contribution in [2.75, 3.05) is 13.6 Å². The van der Waals surface area contributed by atoms with Crippen LogP contribution in [0.3, 0.4) is 0 Å². The molecule has 4 nitrogen and oxygen atoms in total. The van der Waals surface area contributed by atoms with E-state index in [9.17, 15) is 4.79 Å². The van der Waals surface area contributed by atoms with Gasteiger partial charge in [-0.2, -0.15) is 0 Å². The lowest BCUT2D eigenvalue weighted by Gasteiger charge is -2.08. The van der Waals surface area contributed by atoms with E-state index in [-0.39, 0.29) is 5.78 Å². The predicted molar refractivity (Wildman–Crippen MR) is 82.0 cm³/mol. The number of hydrogen-bond donors (Lipinski definition) is 1. The van der Waals surface area contributed by atoms with Gasteiger partial charge in [-0.3, -0.25) is 4.79 Å². The second kappa shape index (κ2) is 6.66. The van der Waals surface area contributed by atoms with Crippen molar-refractivity contribution in [2.24, 2.45) is 0 Å². The van der Waals surface area contributed by atoms with Crippen LogP contribution < -0.4 is 5.32 Å². The van der Waals surface area contributed by atoms with Gasteiger partial charge in [0.1, 0.15) is 11.6 Å². The van der Waals surface area contributed by atoms with Crippen molar-refractivity contribution in [3.63, 3.8) is 0 Å². The van der Waals surface area contributed by atoms with Crippen molar-refractivity contribution in [2.45, 2.75) is 39.7 Å². The van der Waals surface area contributed by atoms with Crippen molar-refractivity contribution in [3.05, 3.63) is 29.6 Å². The Morgan fingerprint density at radius 3 is 2.85 bits per heavy atom. The summed E-state index contributed by atoms with van der Waals surface area (Å²) in [4.78, 5) is 16.0. The summed E-state index contributed by atoms with van der Waals surface area (Å²) >= 11 is 0.